The Bertz CT molecular complexity index is 978. The molecule has 1 aliphatic rings. The van der Waals surface area contributed by atoms with Crippen LogP contribution in [0.3, 0.4) is 0 Å². The summed E-state index contributed by atoms with van der Waals surface area (Å²) in [6, 6.07) is -0.831. The van der Waals surface area contributed by atoms with Crippen molar-refractivity contribution in [3.63, 3.8) is 0 Å². The molecule has 51 heavy (non-hydrogen) atoms. The topological polar surface area (TPSA) is 149 Å². The quantitative estimate of drug-likeness (QED) is 0.0324. The van der Waals surface area contributed by atoms with Crippen LogP contribution in [0, 0.1) is 0 Å². The zero-order chi connectivity index (χ0) is 37.4. The van der Waals surface area contributed by atoms with Crippen molar-refractivity contribution in [1.29, 1.82) is 0 Å². The molecule has 6 N–H and O–H groups in total. The summed E-state index contributed by atoms with van der Waals surface area (Å²) in [6.07, 6.45) is 34.1. The summed E-state index contributed by atoms with van der Waals surface area (Å²) < 4.78 is 11.1. The minimum absolute atomic E-state index is 0.206. The number of rotatable bonds is 31. The van der Waals surface area contributed by atoms with Crippen LogP contribution in [0.15, 0.2) is 60.8 Å². The average Bonchev–Trinajstić information content (AvgIpc) is 3.13. The van der Waals surface area contributed by atoms with Gasteiger partial charge in [-0.2, -0.15) is 0 Å². The predicted molar refractivity (Wildman–Crippen MR) is 207 cm³/mol. The van der Waals surface area contributed by atoms with Crippen LogP contribution in [0.5, 0.6) is 0 Å². The van der Waals surface area contributed by atoms with Gasteiger partial charge in [-0.05, 0) is 70.6 Å². The first-order valence-corrected chi connectivity index (χ1v) is 20.0. The van der Waals surface area contributed by atoms with Crippen molar-refractivity contribution in [2.24, 2.45) is 0 Å². The molecule has 294 valence electrons. The number of carbonyl (C=O) groups is 1. The Morgan fingerprint density at radius 3 is 1.84 bits per heavy atom. The van der Waals surface area contributed by atoms with Crippen molar-refractivity contribution in [3.05, 3.63) is 60.8 Å². The predicted octanol–water partition coefficient (Wildman–Crippen LogP) is 7.27. The Hall–Kier alpha value is -2.11. The third-order valence-electron chi connectivity index (χ3n) is 9.05. The van der Waals surface area contributed by atoms with Crippen molar-refractivity contribution in [1.82, 2.24) is 5.32 Å². The molecule has 0 aromatic rings. The molecule has 1 fully saturated rings. The molecule has 1 saturated heterocycles. The van der Waals surface area contributed by atoms with Gasteiger partial charge < -0.3 is 40.3 Å². The maximum absolute atomic E-state index is 12.9. The van der Waals surface area contributed by atoms with E-state index >= 15 is 0 Å². The number of ether oxygens (including phenoxy) is 2. The van der Waals surface area contributed by atoms with Crippen LogP contribution in [0.25, 0.3) is 0 Å². The van der Waals surface area contributed by atoms with Crippen LogP contribution in [-0.2, 0) is 14.3 Å². The molecular weight excluding hydrogens is 646 g/mol. The Balaban J connectivity index is 2.41. The van der Waals surface area contributed by atoms with E-state index in [1.807, 2.05) is 6.08 Å². The van der Waals surface area contributed by atoms with Crippen LogP contribution in [0.4, 0.5) is 0 Å². The summed E-state index contributed by atoms with van der Waals surface area (Å²) in [6.45, 7) is 3.57. The Labute approximate surface area is 309 Å². The molecule has 1 rings (SSSR count). The molecule has 7 atom stereocenters. The first-order valence-electron chi connectivity index (χ1n) is 20.0. The Morgan fingerprint density at radius 2 is 1.24 bits per heavy atom. The molecule has 0 aromatic carbocycles. The number of hydrogen-bond acceptors (Lipinski definition) is 8. The molecule has 0 aliphatic carbocycles. The number of allylic oxidation sites excluding steroid dienone is 9. The smallest absolute Gasteiger partial charge is 0.220 e. The molecule has 9 nitrogen and oxygen atoms in total. The van der Waals surface area contributed by atoms with Gasteiger partial charge in [0.1, 0.15) is 24.4 Å². The first-order chi connectivity index (χ1) is 24.8. The molecule has 0 saturated carbocycles. The molecule has 0 spiro atoms. The molecule has 0 radical (unpaired) electrons. The summed E-state index contributed by atoms with van der Waals surface area (Å²) >= 11 is 0. The minimum Gasteiger partial charge on any atom is -0.394 e. The summed E-state index contributed by atoms with van der Waals surface area (Å²) in [5, 5.41) is 53.8. The highest BCUT2D eigenvalue weighted by Gasteiger charge is 2.44. The van der Waals surface area contributed by atoms with E-state index in [1.54, 1.807) is 6.08 Å². The van der Waals surface area contributed by atoms with Gasteiger partial charge >= 0.3 is 0 Å². The van der Waals surface area contributed by atoms with E-state index in [2.05, 4.69) is 67.8 Å². The van der Waals surface area contributed by atoms with E-state index in [0.717, 1.165) is 70.6 Å². The first kappa shape index (κ1) is 46.9. The second-order valence-corrected chi connectivity index (χ2v) is 13.7. The lowest BCUT2D eigenvalue weighted by Gasteiger charge is -2.40. The van der Waals surface area contributed by atoms with E-state index in [9.17, 15) is 30.3 Å². The van der Waals surface area contributed by atoms with E-state index in [1.165, 1.54) is 51.4 Å². The summed E-state index contributed by atoms with van der Waals surface area (Å²) in [5.41, 5.74) is 0. The molecule has 0 bridgehead atoms. The normalized spacial score (nSPS) is 22.7. The second-order valence-electron chi connectivity index (χ2n) is 13.7. The SMILES string of the molecule is CC/C=C/CC/C=C/CC/C=C/C(O)C(COC1OC(CO)C(O)C(O)C1O)NC(=O)CCCCCCCCC/C=C\C/C=C\CCCCCC. The third-order valence-corrected chi connectivity index (χ3v) is 9.05. The van der Waals surface area contributed by atoms with E-state index in [0.29, 0.717) is 6.42 Å². The van der Waals surface area contributed by atoms with Gasteiger partial charge in [-0.3, -0.25) is 4.79 Å². The molecular formula is C42H73NO8. The van der Waals surface area contributed by atoms with Crippen LogP contribution in [-0.4, -0.2) is 87.5 Å². The number of unbranched alkanes of at least 4 members (excludes halogenated alkanes) is 13. The van der Waals surface area contributed by atoms with Crippen molar-refractivity contribution < 1.29 is 39.8 Å². The number of aliphatic hydroxyl groups is 5. The minimum atomic E-state index is -1.58. The Morgan fingerprint density at radius 1 is 0.686 bits per heavy atom. The summed E-state index contributed by atoms with van der Waals surface area (Å²) in [5.74, 6) is -0.206. The highest BCUT2D eigenvalue weighted by atomic mass is 16.7. The largest absolute Gasteiger partial charge is 0.394 e. The lowest BCUT2D eigenvalue weighted by molar-refractivity contribution is -0.302. The molecule has 0 aromatic heterocycles. The number of hydrogen-bond donors (Lipinski definition) is 6. The monoisotopic (exact) mass is 720 g/mol. The Kier molecular flexibility index (Phi) is 29.9. The lowest BCUT2D eigenvalue weighted by atomic mass is 9.99. The van der Waals surface area contributed by atoms with E-state index < -0.39 is 49.5 Å². The second kappa shape index (κ2) is 32.5. The van der Waals surface area contributed by atoms with Crippen molar-refractivity contribution in [2.75, 3.05) is 13.2 Å². The molecule has 1 heterocycles. The van der Waals surface area contributed by atoms with Gasteiger partial charge in [0.2, 0.25) is 5.91 Å². The van der Waals surface area contributed by atoms with Gasteiger partial charge in [0.15, 0.2) is 6.29 Å². The van der Waals surface area contributed by atoms with Crippen molar-refractivity contribution in [2.45, 2.75) is 185 Å². The fraction of sp³-hybridized carbons (Fsp3) is 0.738. The van der Waals surface area contributed by atoms with Crippen molar-refractivity contribution in [3.8, 4) is 0 Å². The highest BCUT2D eigenvalue weighted by Crippen LogP contribution is 2.22. The average molecular weight is 720 g/mol. The lowest BCUT2D eigenvalue weighted by Crippen LogP contribution is -2.60. The molecule has 1 amide bonds. The maximum Gasteiger partial charge on any atom is 0.220 e. The fourth-order valence-corrected chi connectivity index (χ4v) is 5.81. The van der Waals surface area contributed by atoms with Crippen molar-refractivity contribution >= 4 is 5.91 Å². The van der Waals surface area contributed by atoms with Crippen LogP contribution in [0.1, 0.15) is 142 Å². The number of aliphatic hydroxyl groups excluding tert-OH is 5. The van der Waals surface area contributed by atoms with Gasteiger partial charge in [0, 0.05) is 6.42 Å². The molecule has 9 heteroatoms. The zero-order valence-electron chi connectivity index (χ0n) is 31.8. The molecule has 1 aliphatic heterocycles. The number of carbonyl (C=O) groups excluding carboxylic acids is 1. The fourth-order valence-electron chi connectivity index (χ4n) is 5.81. The zero-order valence-corrected chi connectivity index (χ0v) is 31.8. The number of amides is 1. The van der Waals surface area contributed by atoms with Crippen LogP contribution < -0.4 is 5.32 Å². The third kappa shape index (κ3) is 24.0. The summed E-state index contributed by atoms with van der Waals surface area (Å²) in [4.78, 5) is 12.9. The van der Waals surface area contributed by atoms with Crippen LogP contribution >= 0.6 is 0 Å². The van der Waals surface area contributed by atoms with E-state index in [4.69, 9.17) is 9.47 Å². The van der Waals surface area contributed by atoms with Gasteiger partial charge in [0.25, 0.3) is 0 Å². The van der Waals surface area contributed by atoms with Gasteiger partial charge in [-0.1, -0.05) is 126 Å². The molecule has 7 unspecified atom stereocenters. The number of nitrogens with one attached hydrogen (secondary N) is 1. The van der Waals surface area contributed by atoms with E-state index in [-0.39, 0.29) is 12.5 Å². The highest BCUT2D eigenvalue weighted by molar-refractivity contribution is 5.76. The summed E-state index contributed by atoms with van der Waals surface area (Å²) in [7, 11) is 0. The standard InChI is InChI=1S/C42H73NO8/c1-3-5-7-9-11-13-15-16-17-18-19-20-21-22-24-26-28-30-32-38(46)43-35(34-50-42-41(49)40(48)39(47)37(33-44)51-42)36(45)31-29-27-25-23-14-12-10-8-6-4-2/h6,8,13-15,17-18,23,29,31,35-37,39-42,44-45,47-49H,3-5,7,9-12,16,19-22,24-28,30,32-34H2,1-2H3,(H,43,46)/b8-6+,15-13-,18-17-,23-14+,31-29+. The van der Waals surface area contributed by atoms with Crippen LogP contribution in [0.2, 0.25) is 0 Å². The van der Waals surface area contributed by atoms with Gasteiger partial charge in [0.05, 0.1) is 25.4 Å². The maximum atomic E-state index is 12.9. The van der Waals surface area contributed by atoms with Gasteiger partial charge in [-0.15, -0.1) is 0 Å². The van der Waals surface area contributed by atoms with Gasteiger partial charge in [-0.25, -0.2) is 0 Å².